The van der Waals surface area contributed by atoms with Gasteiger partial charge in [-0.1, -0.05) is 31.2 Å². The minimum atomic E-state index is -0.495. The number of hydrogen-bond donors (Lipinski definition) is 1. The molecule has 1 aliphatic carbocycles. The van der Waals surface area contributed by atoms with E-state index in [-0.39, 0.29) is 11.9 Å². The Labute approximate surface area is 161 Å². The fourth-order valence-electron chi connectivity index (χ4n) is 3.39. The number of benzene rings is 2. The van der Waals surface area contributed by atoms with Crippen LogP contribution in [-0.4, -0.2) is 24.7 Å². The van der Waals surface area contributed by atoms with Crippen molar-refractivity contribution in [3.05, 3.63) is 59.7 Å². The number of ether oxygens (including phenoxy) is 2. The highest BCUT2D eigenvalue weighted by Gasteiger charge is 2.21. The van der Waals surface area contributed by atoms with Crippen LogP contribution < -0.4 is 14.8 Å². The summed E-state index contributed by atoms with van der Waals surface area (Å²) >= 11 is 0. The topological polar surface area (TPSA) is 47.6 Å². The second-order valence-electron chi connectivity index (χ2n) is 7.19. The summed E-state index contributed by atoms with van der Waals surface area (Å²) in [5, 5.41) is 2.99. The zero-order chi connectivity index (χ0) is 19.1. The lowest BCUT2D eigenvalue weighted by atomic mass is 9.92. The van der Waals surface area contributed by atoms with Gasteiger partial charge in [0.25, 0.3) is 5.91 Å². The average molecular weight is 367 g/mol. The Bertz CT molecular complexity index is 745. The molecule has 4 nitrogen and oxygen atoms in total. The van der Waals surface area contributed by atoms with Crippen LogP contribution in [0.15, 0.2) is 48.5 Å². The lowest BCUT2D eigenvalue weighted by Gasteiger charge is -2.22. The standard InChI is InChI=1S/C23H29NO3/c1-3-22(27-21-14-13-18-9-7-8-10-19(18)15-21)23(25)24-17(2)16-26-20-11-5-4-6-12-20/h4-6,11-15,17,22H,3,7-10,16H2,1-2H3,(H,24,25)/t17-,22-/m1/s1. The summed E-state index contributed by atoms with van der Waals surface area (Å²) < 4.78 is 11.7. The first kappa shape index (κ1) is 19.3. The third-order valence-corrected chi connectivity index (χ3v) is 4.89. The molecule has 2 aromatic rings. The second kappa shape index (κ2) is 9.45. The van der Waals surface area contributed by atoms with Crippen molar-refractivity contribution in [2.45, 2.75) is 58.1 Å². The predicted octanol–water partition coefficient (Wildman–Crippen LogP) is 4.31. The molecule has 2 atom stereocenters. The molecule has 144 valence electrons. The zero-order valence-corrected chi connectivity index (χ0v) is 16.2. The summed E-state index contributed by atoms with van der Waals surface area (Å²) in [4.78, 5) is 12.6. The number of para-hydroxylation sites is 1. The first-order chi connectivity index (χ1) is 13.2. The van der Waals surface area contributed by atoms with Crippen molar-refractivity contribution in [1.29, 1.82) is 0 Å². The van der Waals surface area contributed by atoms with Gasteiger partial charge in [-0.05, 0) is 74.4 Å². The highest BCUT2D eigenvalue weighted by atomic mass is 16.5. The third-order valence-electron chi connectivity index (χ3n) is 4.89. The smallest absolute Gasteiger partial charge is 0.261 e. The summed E-state index contributed by atoms with van der Waals surface area (Å²) in [7, 11) is 0. The molecule has 0 fully saturated rings. The Kier molecular flexibility index (Phi) is 6.74. The van der Waals surface area contributed by atoms with Crippen LogP contribution in [0, 0.1) is 0 Å². The number of fused-ring (bicyclic) bond motifs is 1. The average Bonchev–Trinajstić information content (AvgIpc) is 2.71. The molecule has 3 rings (SSSR count). The van der Waals surface area contributed by atoms with Gasteiger partial charge in [-0.15, -0.1) is 0 Å². The normalized spacial score (nSPS) is 15.3. The molecule has 1 aliphatic rings. The molecule has 0 unspecified atom stereocenters. The summed E-state index contributed by atoms with van der Waals surface area (Å²) in [6, 6.07) is 15.8. The van der Waals surface area contributed by atoms with Crippen LogP contribution in [0.3, 0.4) is 0 Å². The predicted molar refractivity (Wildman–Crippen MR) is 107 cm³/mol. The molecule has 0 aliphatic heterocycles. The van der Waals surface area contributed by atoms with Gasteiger partial charge in [0.15, 0.2) is 6.10 Å². The van der Waals surface area contributed by atoms with E-state index in [1.165, 1.54) is 24.0 Å². The molecule has 0 aromatic heterocycles. The highest BCUT2D eigenvalue weighted by Crippen LogP contribution is 2.26. The summed E-state index contributed by atoms with van der Waals surface area (Å²) in [5.74, 6) is 1.49. The fourth-order valence-corrected chi connectivity index (χ4v) is 3.39. The van der Waals surface area contributed by atoms with Crippen LogP contribution in [0.5, 0.6) is 11.5 Å². The summed E-state index contributed by atoms with van der Waals surface area (Å²) in [5.41, 5.74) is 2.77. The van der Waals surface area contributed by atoms with E-state index in [0.29, 0.717) is 13.0 Å². The maximum Gasteiger partial charge on any atom is 0.261 e. The molecule has 0 saturated carbocycles. The summed E-state index contributed by atoms with van der Waals surface area (Å²) in [6.45, 7) is 4.32. The van der Waals surface area contributed by atoms with Crippen molar-refractivity contribution in [1.82, 2.24) is 5.32 Å². The molecular formula is C23H29NO3. The molecule has 1 amide bonds. The SMILES string of the molecule is CC[C@@H](Oc1ccc2c(c1)CCCC2)C(=O)N[C@H](C)COc1ccccc1. The molecule has 4 heteroatoms. The van der Waals surface area contributed by atoms with Gasteiger partial charge in [0.2, 0.25) is 0 Å². The summed E-state index contributed by atoms with van der Waals surface area (Å²) in [6.07, 6.45) is 4.86. The van der Waals surface area contributed by atoms with Crippen molar-refractivity contribution in [3.63, 3.8) is 0 Å². The monoisotopic (exact) mass is 367 g/mol. The Morgan fingerprint density at radius 1 is 1.04 bits per heavy atom. The van der Waals surface area contributed by atoms with Crippen molar-refractivity contribution < 1.29 is 14.3 Å². The van der Waals surface area contributed by atoms with Gasteiger partial charge in [0.1, 0.15) is 18.1 Å². The largest absolute Gasteiger partial charge is 0.491 e. The molecule has 0 radical (unpaired) electrons. The van der Waals surface area contributed by atoms with Gasteiger partial charge in [-0.3, -0.25) is 4.79 Å². The number of amides is 1. The highest BCUT2D eigenvalue weighted by molar-refractivity contribution is 5.81. The van der Waals surface area contributed by atoms with E-state index in [9.17, 15) is 4.79 Å². The Balaban J connectivity index is 1.52. The van der Waals surface area contributed by atoms with Gasteiger partial charge in [-0.2, -0.15) is 0 Å². The van der Waals surface area contributed by atoms with Crippen molar-refractivity contribution in [2.75, 3.05) is 6.61 Å². The molecular weight excluding hydrogens is 338 g/mol. The molecule has 0 bridgehead atoms. The number of hydrogen-bond acceptors (Lipinski definition) is 3. The lowest BCUT2D eigenvalue weighted by molar-refractivity contribution is -0.128. The van der Waals surface area contributed by atoms with Crippen LogP contribution in [0.4, 0.5) is 0 Å². The maximum absolute atomic E-state index is 12.6. The van der Waals surface area contributed by atoms with Crippen LogP contribution in [0.1, 0.15) is 44.2 Å². The van der Waals surface area contributed by atoms with E-state index in [2.05, 4.69) is 17.4 Å². The van der Waals surface area contributed by atoms with Crippen LogP contribution in [-0.2, 0) is 17.6 Å². The van der Waals surface area contributed by atoms with Crippen molar-refractivity contribution in [3.8, 4) is 11.5 Å². The minimum Gasteiger partial charge on any atom is -0.491 e. The quantitative estimate of drug-likeness (QED) is 0.756. The molecule has 0 heterocycles. The van der Waals surface area contributed by atoms with E-state index in [1.807, 2.05) is 50.2 Å². The van der Waals surface area contributed by atoms with Crippen molar-refractivity contribution >= 4 is 5.91 Å². The van der Waals surface area contributed by atoms with Gasteiger partial charge in [0, 0.05) is 0 Å². The Morgan fingerprint density at radius 3 is 2.52 bits per heavy atom. The lowest BCUT2D eigenvalue weighted by Crippen LogP contribution is -2.44. The van der Waals surface area contributed by atoms with Gasteiger partial charge < -0.3 is 14.8 Å². The number of carbonyl (C=O) groups is 1. The Morgan fingerprint density at radius 2 is 1.78 bits per heavy atom. The zero-order valence-electron chi connectivity index (χ0n) is 16.2. The van der Waals surface area contributed by atoms with E-state index >= 15 is 0 Å². The van der Waals surface area contributed by atoms with E-state index in [0.717, 1.165) is 24.3 Å². The fraction of sp³-hybridized carbons (Fsp3) is 0.435. The van der Waals surface area contributed by atoms with Crippen LogP contribution in [0.25, 0.3) is 0 Å². The molecule has 0 saturated heterocycles. The molecule has 0 spiro atoms. The van der Waals surface area contributed by atoms with E-state index < -0.39 is 6.10 Å². The number of carbonyl (C=O) groups excluding carboxylic acids is 1. The first-order valence-electron chi connectivity index (χ1n) is 9.92. The molecule has 27 heavy (non-hydrogen) atoms. The van der Waals surface area contributed by atoms with Crippen LogP contribution in [0.2, 0.25) is 0 Å². The van der Waals surface area contributed by atoms with Crippen molar-refractivity contribution in [2.24, 2.45) is 0 Å². The second-order valence-corrected chi connectivity index (χ2v) is 7.19. The minimum absolute atomic E-state index is 0.0978. The van der Waals surface area contributed by atoms with E-state index in [4.69, 9.17) is 9.47 Å². The molecule has 1 N–H and O–H groups in total. The number of aryl methyl sites for hydroxylation is 2. The van der Waals surface area contributed by atoms with Crippen LogP contribution >= 0.6 is 0 Å². The third kappa shape index (κ3) is 5.49. The van der Waals surface area contributed by atoms with E-state index in [1.54, 1.807) is 0 Å². The maximum atomic E-state index is 12.6. The van der Waals surface area contributed by atoms with Gasteiger partial charge in [0.05, 0.1) is 6.04 Å². The first-order valence-corrected chi connectivity index (χ1v) is 9.92. The number of nitrogens with one attached hydrogen (secondary N) is 1. The van der Waals surface area contributed by atoms with Gasteiger partial charge >= 0.3 is 0 Å². The van der Waals surface area contributed by atoms with Gasteiger partial charge in [-0.25, -0.2) is 0 Å². The number of rotatable bonds is 8. The Hall–Kier alpha value is -2.49. The molecule has 2 aromatic carbocycles.